The van der Waals surface area contributed by atoms with Gasteiger partial charge in [0.15, 0.2) is 0 Å². The molecule has 1 fully saturated rings. The fourth-order valence-corrected chi connectivity index (χ4v) is 6.28. The molecule has 7 nitrogen and oxygen atoms in total. The molecule has 0 amide bonds. The van der Waals surface area contributed by atoms with Crippen LogP contribution in [0.2, 0.25) is 10.0 Å². The van der Waals surface area contributed by atoms with E-state index in [-0.39, 0.29) is 4.90 Å². The Morgan fingerprint density at radius 1 is 1.03 bits per heavy atom. The van der Waals surface area contributed by atoms with Crippen molar-refractivity contribution in [3.05, 3.63) is 64.2 Å². The van der Waals surface area contributed by atoms with E-state index in [4.69, 9.17) is 27.9 Å². The van der Waals surface area contributed by atoms with E-state index in [0.717, 1.165) is 21.3 Å². The lowest BCUT2D eigenvalue weighted by Gasteiger charge is -2.26. The van der Waals surface area contributed by atoms with Gasteiger partial charge in [0.2, 0.25) is 10.0 Å². The number of anilines is 2. The van der Waals surface area contributed by atoms with Crippen LogP contribution in [0.4, 0.5) is 11.5 Å². The molecule has 1 aliphatic heterocycles. The van der Waals surface area contributed by atoms with Gasteiger partial charge >= 0.3 is 0 Å². The van der Waals surface area contributed by atoms with E-state index in [1.807, 2.05) is 29.6 Å². The summed E-state index contributed by atoms with van der Waals surface area (Å²) in [5.41, 5.74) is 2.36. The van der Waals surface area contributed by atoms with Crippen LogP contribution in [0.15, 0.2) is 59.1 Å². The molecule has 1 aliphatic rings. The number of morpholine rings is 1. The van der Waals surface area contributed by atoms with Crippen molar-refractivity contribution in [3.63, 3.8) is 0 Å². The van der Waals surface area contributed by atoms with Gasteiger partial charge in [-0.1, -0.05) is 35.3 Å². The summed E-state index contributed by atoms with van der Waals surface area (Å²) in [5, 5.41) is 7.09. The fourth-order valence-electron chi connectivity index (χ4n) is 3.64. The summed E-state index contributed by atoms with van der Waals surface area (Å²) in [6, 6.07) is 12.1. The second-order valence-corrected chi connectivity index (χ2v) is 11.0. The SMILES string of the molecule is O=S(=O)(c1ccc(Cl)c(Nc2ncnc3scc(-c4ccc(Cl)cc4)c23)c1)N1CCOCC1. The Morgan fingerprint density at radius 3 is 2.55 bits per heavy atom. The van der Waals surface area contributed by atoms with Gasteiger partial charge in [-0.2, -0.15) is 4.31 Å². The summed E-state index contributed by atoms with van der Waals surface area (Å²) in [6.07, 6.45) is 1.47. The first kappa shape index (κ1) is 22.5. The molecular formula is C22H18Cl2N4O3S2. The van der Waals surface area contributed by atoms with Crippen molar-refractivity contribution in [2.24, 2.45) is 0 Å². The highest BCUT2D eigenvalue weighted by Gasteiger charge is 2.27. The van der Waals surface area contributed by atoms with Gasteiger partial charge in [0.25, 0.3) is 0 Å². The lowest BCUT2D eigenvalue weighted by molar-refractivity contribution is 0.0730. The maximum atomic E-state index is 13.1. The van der Waals surface area contributed by atoms with Gasteiger partial charge in [0.05, 0.1) is 34.2 Å². The minimum Gasteiger partial charge on any atom is -0.379 e. The van der Waals surface area contributed by atoms with Gasteiger partial charge < -0.3 is 10.1 Å². The molecule has 0 atom stereocenters. The van der Waals surface area contributed by atoms with Gasteiger partial charge in [-0.05, 0) is 35.9 Å². The third-order valence-corrected chi connectivity index (χ3v) is 8.69. The maximum absolute atomic E-state index is 13.1. The van der Waals surface area contributed by atoms with Crippen LogP contribution in [-0.2, 0) is 14.8 Å². The van der Waals surface area contributed by atoms with Crippen molar-refractivity contribution < 1.29 is 13.2 Å². The Balaban J connectivity index is 1.54. The van der Waals surface area contributed by atoms with Crippen LogP contribution in [0.5, 0.6) is 0 Å². The zero-order valence-corrected chi connectivity index (χ0v) is 20.3. The summed E-state index contributed by atoms with van der Waals surface area (Å²) in [7, 11) is -3.67. The molecule has 5 rings (SSSR count). The number of fused-ring (bicyclic) bond motifs is 1. The molecule has 0 unspecified atom stereocenters. The van der Waals surface area contributed by atoms with E-state index in [0.29, 0.717) is 47.9 Å². The van der Waals surface area contributed by atoms with Crippen LogP contribution in [-0.4, -0.2) is 49.0 Å². The number of nitrogens with zero attached hydrogens (tertiary/aromatic N) is 3. The summed E-state index contributed by atoms with van der Waals surface area (Å²) < 4.78 is 32.9. The van der Waals surface area contributed by atoms with Crippen molar-refractivity contribution >= 4 is 66.3 Å². The minimum atomic E-state index is -3.67. The van der Waals surface area contributed by atoms with Gasteiger partial charge in [-0.15, -0.1) is 11.3 Å². The lowest BCUT2D eigenvalue weighted by atomic mass is 10.1. The van der Waals surface area contributed by atoms with Crippen LogP contribution in [0.1, 0.15) is 0 Å². The number of ether oxygens (including phenoxy) is 1. The van der Waals surface area contributed by atoms with Crippen LogP contribution >= 0.6 is 34.5 Å². The molecule has 4 aromatic rings. The Hall–Kier alpha value is -2.27. The number of aromatic nitrogens is 2. The molecule has 1 saturated heterocycles. The molecule has 11 heteroatoms. The number of rotatable bonds is 5. The third-order valence-electron chi connectivity index (χ3n) is 5.32. The van der Waals surface area contributed by atoms with E-state index >= 15 is 0 Å². The zero-order valence-electron chi connectivity index (χ0n) is 17.2. The first-order chi connectivity index (χ1) is 15.9. The average Bonchev–Trinajstić information content (AvgIpc) is 3.27. The van der Waals surface area contributed by atoms with Crippen molar-refractivity contribution in [2.45, 2.75) is 4.90 Å². The Morgan fingerprint density at radius 2 is 1.79 bits per heavy atom. The number of sulfonamides is 1. The highest BCUT2D eigenvalue weighted by Crippen LogP contribution is 2.39. The van der Waals surface area contributed by atoms with E-state index in [1.54, 1.807) is 6.07 Å². The molecule has 3 heterocycles. The summed E-state index contributed by atoms with van der Waals surface area (Å²) in [6.45, 7) is 1.39. The molecule has 0 spiro atoms. The second-order valence-electron chi connectivity index (χ2n) is 7.34. The van der Waals surface area contributed by atoms with Crippen LogP contribution in [0.25, 0.3) is 21.3 Å². The first-order valence-corrected chi connectivity index (χ1v) is 13.1. The summed E-state index contributed by atoms with van der Waals surface area (Å²) >= 11 is 14.0. The van der Waals surface area contributed by atoms with Crippen molar-refractivity contribution in [1.82, 2.24) is 14.3 Å². The summed E-state index contributed by atoms with van der Waals surface area (Å²) in [5.74, 6) is 0.536. The van der Waals surface area contributed by atoms with Gasteiger partial charge in [-0.3, -0.25) is 0 Å². The monoisotopic (exact) mass is 520 g/mol. The fraction of sp³-hybridized carbons (Fsp3) is 0.182. The smallest absolute Gasteiger partial charge is 0.243 e. The molecule has 2 aromatic heterocycles. The molecule has 2 aromatic carbocycles. The highest BCUT2D eigenvalue weighted by atomic mass is 35.5. The van der Waals surface area contributed by atoms with Crippen molar-refractivity contribution in [3.8, 4) is 11.1 Å². The molecule has 0 bridgehead atoms. The van der Waals surface area contributed by atoms with Crippen molar-refractivity contribution in [2.75, 3.05) is 31.6 Å². The van der Waals surface area contributed by atoms with E-state index in [2.05, 4.69) is 15.3 Å². The zero-order chi connectivity index (χ0) is 23.0. The van der Waals surface area contributed by atoms with E-state index < -0.39 is 10.0 Å². The largest absolute Gasteiger partial charge is 0.379 e. The maximum Gasteiger partial charge on any atom is 0.243 e. The topological polar surface area (TPSA) is 84.4 Å². The number of benzene rings is 2. The van der Waals surface area contributed by atoms with Crippen LogP contribution < -0.4 is 5.32 Å². The first-order valence-electron chi connectivity index (χ1n) is 10.1. The third kappa shape index (κ3) is 4.44. The molecule has 0 aliphatic carbocycles. The number of halogens is 2. The van der Waals surface area contributed by atoms with Crippen LogP contribution in [0.3, 0.4) is 0 Å². The quantitative estimate of drug-likeness (QED) is 0.377. The van der Waals surface area contributed by atoms with Gasteiger partial charge in [0.1, 0.15) is 17.0 Å². The van der Waals surface area contributed by atoms with Gasteiger partial charge in [0, 0.05) is 29.1 Å². The molecule has 0 radical (unpaired) electrons. The predicted molar refractivity (Wildman–Crippen MR) is 132 cm³/mol. The van der Waals surface area contributed by atoms with Gasteiger partial charge in [-0.25, -0.2) is 18.4 Å². The Labute approximate surface area is 205 Å². The number of nitrogens with one attached hydrogen (secondary N) is 1. The molecule has 33 heavy (non-hydrogen) atoms. The molecular weight excluding hydrogens is 503 g/mol. The molecule has 0 saturated carbocycles. The summed E-state index contributed by atoms with van der Waals surface area (Å²) in [4.78, 5) is 9.76. The number of hydrogen-bond acceptors (Lipinski definition) is 7. The number of hydrogen-bond donors (Lipinski definition) is 1. The number of thiophene rings is 1. The predicted octanol–water partition coefficient (Wildman–Crippen LogP) is 5.43. The van der Waals surface area contributed by atoms with Crippen molar-refractivity contribution in [1.29, 1.82) is 0 Å². The Kier molecular flexibility index (Phi) is 6.26. The molecule has 170 valence electrons. The second kappa shape index (κ2) is 9.17. The molecule has 1 N–H and O–H groups in total. The Bertz CT molecular complexity index is 1420. The average molecular weight is 521 g/mol. The highest BCUT2D eigenvalue weighted by molar-refractivity contribution is 7.89. The normalized spacial score (nSPS) is 15.1. The minimum absolute atomic E-state index is 0.157. The van der Waals surface area contributed by atoms with Crippen LogP contribution in [0, 0.1) is 0 Å². The lowest BCUT2D eigenvalue weighted by Crippen LogP contribution is -2.40. The van der Waals surface area contributed by atoms with E-state index in [1.165, 1.54) is 34.1 Å². The standard InChI is InChI=1S/C22H18Cl2N4O3S2/c23-15-3-1-14(2-4-15)17-12-32-22-20(17)21(25-13-26-22)27-19-11-16(5-6-18(19)24)33(29,30)28-7-9-31-10-8-28/h1-6,11-13H,7-10H2,(H,25,26,27). The van der Waals surface area contributed by atoms with E-state index in [9.17, 15) is 8.42 Å².